The molecule has 2 unspecified atom stereocenters. The molecule has 3 N–H and O–H groups in total. The van der Waals surface area contributed by atoms with E-state index in [2.05, 4.69) is 15.4 Å². The third-order valence-electron chi connectivity index (χ3n) is 7.02. The second-order valence-electron chi connectivity index (χ2n) is 10.3. The summed E-state index contributed by atoms with van der Waals surface area (Å²) in [5, 5.41) is 15.4. The Kier molecular flexibility index (Phi) is 13.2. The Labute approximate surface area is 259 Å². The largest absolute Gasteiger partial charge is 0.493 e. The first-order valence-corrected chi connectivity index (χ1v) is 14.4. The molecule has 2 atom stereocenters. The van der Waals surface area contributed by atoms with Crippen molar-refractivity contribution in [2.75, 3.05) is 40.5 Å². The molecule has 0 saturated heterocycles. The van der Waals surface area contributed by atoms with Crippen LogP contribution in [0.3, 0.4) is 0 Å². The van der Waals surface area contributed by atoms with Crippen LogP contribution in [0, 0.1) is 5.82 Å². The van der Waals surface area contributed by atoms with Gasteiger partial charge in [0.1, 0.15) is 24.2 Å². The summed E-state index contributed by atoms with van der Waals surface area (Å²) >= 11 is 0. The second-order valence-corrected chi connectivity index (χ2v) is 10.3. The number of carbonyl (C=O) groups excluding carboxylic acids is 2. The van der Waals surface area contributed by atoms with Crippen molar-refractivity contribution in [2.45, 2.75) is 50.8 Å². The van der Waals surface area contributed by atoms with Crippen molar-refractivity contribution in [3.63, 3.8) is 0 Å². The van der Waals surface area contributed by atoms with Crippen LogP contribution >= 0.6 is 0 Å². The van der Waals surface area contributed by atoms with Gasteiger partial charge in [0.15, 0.2) is 11.5 Å². The van der Waals surface area contributed by atoms with Gasteiger partial charge in [-0.05, 0) is 56.1 Å². The van der Waals surface area contributed by atoms with Crippen LogP contribution in [0.4, 0.5) is 17.6 Å². The number of carbonyl (C=O) groups is 2. The number of alkyl halides is 3. The van der Waals surface area contributed by atoms with E-state index in [9.17, 15) is 32.3 Å². The Balaban J connectivity index is 1.49. The van der Waals surface area contributed by atoms with Crippen molar-refractivity contribution in [3.8, 4) is 11.5 Å². The standard InChI is InChI=1S/C32H38F4N2O7/c1-20-26(27(21-11-10-12-22(33)17-21)28(30(40)43-3)29(38-20)32(34,35)36)31(41)44-16-9-5-4-8-15-37-18-23(39)19-45-25-14-7-6-13-24(25)42-2/h6-7,10-14,17,23,27,37-39H,4-5,8-9,15-16,18-19H2,1-3H3. The molecule has 0 fully saturated rings. The SMILES string of the molecule is COC(=O)C1=C(C(F)(F)F)NC(C)=C(C(=O)OCCCCCCNCC(O)COc2ccccc2OC)C1c1cccc(F)c1. The van der Waals surface area contributed by atoms with E-state index in [4.69, 9.17) is 14.2 Å². The lowest BCUT2D eigenvalue weighted by atomic mass is 9.80. The number of rotatable bonds is 16. The van der Waals surface area contributed by atoms with E-state index in [1.807, 2.05) is 12.1 Å². The zero-order valence-electron chi connectivity index (χ0n) is 25.3. The fraction of sp³-hybridized carbons (Fsp3) is 0.438. The predicted octanol–water partition coefficient (Wildman–Crippen LogP) is 4.92. The molecule has 3 rings (SSSR count). The maximum absolute atomic E-state index is 14.1. The van der Waals surface area contributed by atoms with E-state index in [-0.39, 0.29) is 30.0 Å². The summed E-state index contributed by atoms with van der Waals surface area (Å²) < 4.78 is 76.8. The van der Waals surface area contributed by atoms with Gasteiger partial charge in [0.05, 0.1) is 37.9 Å². The van der Waals surface area contributed by atoms with Crippen LogP contribution in [0.5, 0.6) is 11.5 Å². The number of hydrogen-bond acceptors (Lipinski definition) is 9. The summed E-state index contributed by atoms with van der Waals surface area (Å²) in [6, 6.07) is 11.8. The minimum atomic E-state index is -4.98. The molecule has 9 nitrogen and oxygen atoms in total. The van der Waals surface area contributed by atoms with Crippen molar-refractivity contribution in [1.82, 2.24) is 10.6 Å². The molecule has 13 heteroatoms. The minimum Gasteiger partial charge on any atom is -0.493 e. The molecule has 0 radical (unpaired) electrons. The first-order chi connectivity index (χ1) is 21.5. The van der Waals surface area contributed by atoms with E-state index in [0.717, 1.165) is 32.1 Å². The maximum atomic E-state index is 14.1. The van der Waals surface area contributed by atoms with Crippen LogP contribution in [0.15, 0.2) is 71.1 Å². The van der Waals surface area contributed by atoms with E-state index < -0.39 is 47.2 Å². The molecule has 1 aliphatic rings. The average molecular weight is 639 g/mol. The van der Waals surface area contributed by atoms with Gasteiger partial charge in [0.25, 0.3) is 0 Å². The first kappa shape index (κ1) is 35.4. The smallest absolute Gasteiger partial charge is 0.431 e. The fourth-order valence-electron chi connectivity index (χ4n) is 4.87. The fourth-order valence-corrected chi connectivity index (χ4v) is 4.87. The number of ether oxygens (including phenoxy) is 4. The quantitative estimate of drug-likeness (QED) is 0.134. The number of para-hydroxylation sites is 2. The van der Waals surface area contributed by atoms with E-state index >= 15 is 0 Å². The molecule has 1 heterocycles. The Bertz CT molecular complexity index is 1380. The summed E-state index contributed by atoms with van der Waals surface area (Å²) in [4.78, 5) is 25.8. The van der Waals surface area contributed by atoms with Gasteiger partial charge in [-0.3, -0.25) is 0 Å². The van der Waals surface area contributed by atoms with Crippen molar-refractivity contribution >= 4 is 11.9 Å². The van der Waals surface area contributed by atoms with Crippen LogP contribution in [-0.2, 0) is 19.1 Å². The number of benzene rings is 2. The van der Waals surface area contributed by atoms with Gasteiger partial charge in [0, 0.05) is 12.2 Å². The normalized spacial score (nSPS) is 15.8. The highest BCUT2D eigenvalue weighted by Gasteiger charge is 2.47. The Hall–Kier alpha value is -4.10. The van der Waals surface area contributed by atoms with Gasteiger partial charge in [-0.15, -0.1) is 0 Å². The monoisotopic (exact) mass is 638 g/mol. The van der Waals surface area contributed by atoms with E-state index in [1.165, 1.54) is 26.2 Å². The molecule has 2 aromatic rings. The topological polar surface area (TPSA) is 115 Å². The lowest BCUT2D eigenvalue weighted by Gasteiger charge is -2.32. The van der Waals surface area contributed by atoms with Gasteiger partial charge in [-0.25, -0.2) is 14.0 Å². The number of unbranched alkanes of at least 4 members (excludes halogenated alkanes) is 3. The maximum Gasteiger partial charge on any atom is 0.431 e. The number of aliphatic hydroxyl groups is 1. The summed E-state index contributed by atoms with van der Waals surface area (Å²) in [5.41, 5.74) is -2.70. The minimum absolute atomic E-state index is 0.0126. The van der Waals surface area contributed by atoms with Gasteiger partial charge in [-0.1, -0.05) is 37.1 Å². The van der Waals surface area contributed by atoms with Crippen LogP contribution in [0.2, 0.25) is 0 Å². The van der Waals surface area contributed by atoms with Gasteiger partial charge >= 0.3 is 18.1 Å². The number of dihydropyridines is 1. The summed E-state index contributed by atoms with van der Waals surface area (Å²) in [7, 11) is 2.46. The van der Waals surface area contributed by atoms with E-state index in [1.54, 1.807) is 12.1 Å². The first-order valence-electron chi connectivity index (χ1n) is 14.4. The van der Waals surface area contributed by atoms with Crippen LogP contribution in [0.1, 0.15) is 44.1 Å². The molecule has 1 aliphatic heterocycles. The van der Waals surface area contributed by atoms with Crippen LogP contribution in [0.25, 0.3) is 0 Å². The van der Waals surface area contributed by atoms with Crippen molar-refractivity contribution in [1.29, 1.82) is 0 Å². The lowest BCUT2D eigenvalue weighted by molar-refractivity contribution is -0.140. The number of methoxy groups -OCH3 is 2. The van der Waals surface area contributed by atoms with Crippen molar-refractivity contribution in [3.05, 3.63) is 82.5 Å². The third-order valence-corrected chi connectivity index (χ3v) is 7.02. The number of halogens is 4. The molecule has 0 amide bonds. The van der Waals surface area contributed by atoms with Gasteiger partial charge in [0.2, 0.25) is 0 Å². The number of aliphatic hydroxyl groups excluding tert-OH is 1. The number of hydrogen-bond donors (Lipinski definition) is 3. The molecule has 0 aliphatic carbocycles. The lowest BCUT2D eigenvalue weighted by Crippen LogP contribution is -2.38. The van der Waals surface area contributed by atoms with E-state index in [0.29, 0.717) is 37.4 Å². The molecule has 45 heavy (non-hydrogen) atoms. The zero-order chi connectivity index (χ0) is 33.0. The summed E-state index contributed by atoms with van der Waals surface area (Å²) in [6.45, 7) is 2.32. The Morgan fingerprint density at radius 2 is 1.69 bits per heavy atom. The molecule has 0 saturated carbocycles. The molecular formula is C32H38F4N2O7. The van der Waals surface area contributed by atoms with Crippen LogP contribution < -0.4 is 20.1 Å². The highest BCUT2D eigenvalue weighted by Crippen LogP contribution is 2.43. The molecule has 246 valence electrons. The number of esters is 2. The number of allylic oxidation sites excluding steroid dienone is 2. The molecule has 0 spiro atoms. The Morgan fingerprint density at radius 3 is 2.36 bits per heavy atom. The molecule has 2 aromatic carbocycles. The number of nitrogens with one attached hydrogen (secondary N) is 2. The molecule has 0 aromatic heterocycles. The van der Waals surface area contributed by atoms with Gasteiger partial charge in [-0.2, -0.15) is 13.2 Å². The van der Waals surface area contributed by atoms with Crippen LogP contribution in [-0.4, -0.2) is 69.8 Å². The Morgan fingerprint density at radius 1 is 0.978 bits per heavy atom. The highest BCUT2D eigenvalue weighted by atomic mass is 19.4. The van der Waals surface area contributed by atoms with Gasteiger partial charge < -0.3 is 34.7 Å². The highest BCUT2D eigenvalue weighted by molar-refractivity contribution is 6.00. The zero-order valence-corrected chi connectivity index (χ0v) is 25.3. The molecule has 0 bridgehead atoms. The van der Waals surface area contributed by atoms with Crippen molar-refractivity contribution < 1.29 is 51.2 Å². The third kappa shape index (κ3) is 9.95. The second kappa shape index (κ2) is 16.8. The van der Waals surface area contributed by atoms with Crippen molar-refractivity contribution in [2.24, 2.45) is 0 Å². The predicted molar refractivity (Wildman–Crippen MR) is 157 cm³/mol. The summed E-state index contributed by atoms with van der Waals surface area (Å²) in [6.07, 6.45) is -2.94. The summed E-state index contributed by atoms with van der Waals surface area (Å²) in [5.74, 6) is -3.44. The average Bonchev–Trinajstić information content (AvgIpc) is 3.01. The molecular weight excluding hydrogens is 600 g/mol.